The van der Waals surface area contributed by atoms with Crippen LogP contribution in [0.5, 0.6) is 0 Å². The summed E-state index contributed by atoms with van der Waals surface area (Å²) in [6.07, 6.45) is 1.86. The van der Waals surface area contributed by atoms with Crippen molar-refractivity contribution in [3.63, 3.8) is 0 Å². The van der Waals surface area contributed by atoms with Crippen LogP contribution in [0.3, 0.4) is 0 Å². The maximum absolute atomic E-state index is 5.95. The van der Waals surface area contributed by atoms with Gasteiger partial charge < -0.3 is 5.32 Å². The number of aromatic nitrogens is 4. The van der Waals surface area contributed by atoms with Crippen molar-refractivity contribution < 1.29 is 0 Å². The van der Waals surface area contributed by atoms with E-state index in [4.69, 9.17) is 7.85 Å². The third-order valence-electron chi connectivity index (χ3n) is 4.90. The summed E-state index contributed by atoms with van der Waals surface area (Å²) in [6, 6.07) is 22.2. The van der Waals surface area contributed by atoms with Crippen molar-refractivity contribution in [2.24, 2.45) is 0 Å². The van der Waals surface area contributed by atoms with E-state index in [0.29, 0.717) is 11.4 Å². The van der Waals surface area contributed by atoms with E-state index in [1.165, 1.54) is 5.56 Å². The average molecular weight is 361 g/mol. The van der Waals surface area contributed by atoms with Crippen LogP contribution in [0.15, 0.2) is 73.1 Å². The summed E-state index contributed by atoms with van der Waals surface area (Å²) in [6.45, 7) is 2.10. The molecule has 1 N–H and O–H groups in total. The van der Waals surface area contributed by atoms with E-state index >= 15 is 0 Å². The Bertz CT molecular complexity index is 1330. The van der Waals surface area contributed by atoms with Crippen LogP contribution in [-0.2, 0) is 0 Å². The van der Waals surface area contributed by atoms with Gasteiger partial charge in [0.1, 0.15) is 14.2 Å². The number of aryl methyl sites for hydroxylation is 1. The standard InChI is InChI=1S/C22H16BN5/c1-14-6-2-5-9-19(14)28-13-24-18-12-15(10-11-20(18)28)25-22-17-8-4-3-7-16(17)21(23)26-27-22/h2-13H,1H3,(H,25,27). The molecule has 2 radical (unpaired) electrons. The van der Waals surface area contributed by atoms with Crippen molar-refractivity contribution in [1.82, 2.24) is 19.7 Å². The number of fused-ring (bicyclic) bond motifs is 2. The Hall–Kier alpha value is -3.67. The summed E-state index contributed by atoms with van der Waals surface area (Å²) in [5.41, 5.74) is 5.60. The summed E-state index contributed by atoms with van der Waals surface area (Å²) in [4.78, 5) is 4.58. The number of nitrogens with zero attached hydrogens (tertiary/aromatic N) is 4. The molecule has 0 aliphatic heterocycles. The van der Waals surface area contributed by atoms with Crippen molar-refractivity contribution in [1.29, 1.82) is 0 Å². The lowest BCUT2D eigenvalue weighted by atomic mass is 9.97. The minimum Gasteiger partial charge on any atom is -0.338 e. The summed E-state index contributed by atoms with van der Waals surface area (Å²) < 4.78 is 2.10. The van der Waals surface area contributed by atoms with Gasteiger partial charge in [0, 0.05) is 16.7 Å². The van der Waals surface area contributed by atoms with Gasteiger partial charge in [0.25, 0.3) is 0 Å². The monoisotopic (exact) mass is 361 g/mol. The molecule has 0 fully saturated rings. The zero-order valence-electron chi connectivity index (χ0n) is 15.3. The molecule has 0 unspecified atom stereocenters. The Balaban J connectivity index is 1.56. The molecule has 2 aromatic heterocycles. The molecule has 6 heteroatoms. The van der Waals surface area contributed by atoms with Crippen molar-refractivity contribution in [2.75, 3.05) is 5.32 Å². The molecule has 0 spiro atoms. The van der Waals surface area contributed by atoms with Gasteiger partial charge in [-0.3, -0.25) is 4.57 Å². The highest BCUT2D eigenvalue weighted by Crippen LogP contribution is 2.26. The molecule has 0 saturated carbocycles. The fourth-order valence-electron chi connectivity index (χ4n) is 3.47. The Morgan fingerprint density at radius 3 is 2.54 bits per heavy atom. The topological polar surface area (TPSA) is 55.6 Å². The van der Waals surface area contributed by atoms with Gasteiger partial charge in [0.05, 0.1) is 16.7 Å². The number of imidazole rings is 1. The highest BCUT2D eigenvalue weighted by molar-refractivity contribution is 6.37. The first kappa shape index (κ1) is 16.5. The molecular weight excluding hydrogens is 345 g/mol. The zero-order valence-corrected chi connectivity index (χ0v) is 15.3. The highest BCUT2D eigenvalue weighted by atomic mass is 15.2. The third kappa shape index (κ3) is 2.70. The zero-order chi connectivity index (χ0) is 19.1. The predicted molar refractivity (Wildman–Crippen MR) is 114 cm³/mol. The molecule has 0 aliphatic carbocycles. The summed E-state index contributed by atoms with van der Waals surface area (Å²) in [5, 5.41) is 13.5. The smallest absolute Gasteiger partial charge is 0.160 e. The van der Waals surface area contributed by atoms with Gasteiger partial charge in [-0.15, -0.1) is 5.10 Å². The number of hydrogen-bond donors (Lipinski definition) is 1. The van der Waals surface area contributed by atoms with Crippen LogP contribution in [0, 0.1) is 6.92 Å². The SMILES string of the molecule is [B]c1nnc(Nc2ccc3c(c2)ncn3-c2ccccc2C)c2ccccc12. The van der Waals surface area contributed by atoms with E-state index < -0.39 is 0 Å². The first-order valence-electron chi connectivity index (χ1n) is 9.02. The number of para-hydroxylation sites is 1. The number of nitrogens with one attached hydrogen (secondary N) is 1. The number of benzene rings is 3. The van der Waals surface area contributed by atoms with Gasteiger partial charge >= 0.3 is 0 Å². The summed E-state index contributed by atoms with van der Waals surface area (Å²) in [5.74, 6) is 0.669. The van der Waals surface area contributed by atoms with E-state index in [1.807, 2.05) is 54.9 Å². The predicted octanol–water partition coefficient (Wildman–Crippen LogP) is 3.81. The van der Waals surface area contributed by atoms with Crippen LogP contribution < -0.4 is 10.9 Å². The average Bonchev–Trinajstić information content (AvgIpc) is 3.14. The highest BCUT2D eigenvalue weighted by Gasteiger charge is 2.10. The first-order valence-corrected chi connectivity index (χ1v) is 9.02. The quantitative estimate of drug-likeness (QED) is 0.497. The molecular formula is C22H16BN5. The Labute approximate surface area is 163 Å². The second-order valence-corrected chi connectivity index (χ2v) is 6.71. The van der Waals surface area contributed by atoms with Crippen molar-refractivity contribution in [3.8, 4) is 5.69 Å². The molecule has 132 valence electrons. The first-order chi connectivity index (χ1) is 13.7. The Morgan fingerprint density at radius 2 is 1.68 bits per heavy atom. The fraction of sp³-hybridized carbons (Fsp3) is 0.0455. The number of anilines is 2. The minimum atomic E-state index is 0.425. The molecule has 0 amide bonds. The lowest BCUT2D eigenvalue weighted by Gasteiger charge is -2.10. The van der Waals surface area contributed by atoms with E-state index in [0.717, 1.165) is 33.2 Å². The van der Waals surface area contributed by atoms with Crippen LogP contribution in [0.2, 0.25) is 0 Å². The van der Waals surface area contributed by atoms with Gasteiger partial charge in [0.15, 0.2) is 5.82 Å². The molecule has 3 aromatic carbocycles. The van der Waals surface area contributed by atoms with Crippen LogP contribution >= 0.6 is 0 Å². The third-order valence-corrected chi connectivity index (χ3v) is 4.90. The van der Waals surface area contributed by atoms with E-state index in [1.54, 1.807) is 0 Å². The molecule has 5 rings (SSSR count). The largest absolute Gasteiger partial charge is 0.338 e. The van der Waals surface area contributed by atoms with Crippen molar-refractivity contribution in [3.05, 3.63) is 78.6 Å². The minimum absolute atomic E-state index is 0.425. The normalized spacial score (nSPS) is 11.2. The molecule has 0 saturated heterocycles. The van der Waals surface area contributed by atoms with E-state index in [-0.39, 0.29) is 0 Å². The molecule has 5 nitrogen and oxygen atoms in total. The van der Waals surface area contributed by atoms with E-state index in [9.17, 15) is 0 Å². The van der Waals surface area contributed by atoms with Gasteiger partial charge in [-0.1, -0.05) is 42.5 Å². The molecule has 2 heterocycles. The fourth-order valence-corrected chi connectivity index (χ4v) is 3.47. The summed E-state index contributed by atoms with van der Waals surface area (Å²) >= 11 is 0. The lowest BCUT2D eigenvalue weighted by Crippen LogP contribution is -2.13. The molecule has 28 heavy (non-hydrogen) atoms. The van der Waals surface area contributed by atoms with Gasteiger partial charge in [-0.25, -0.2) is 4.98 Å². The maximum atomic E-state index is 5.95. The van der Waals surface area contributed by atoms with Gasteiger partial charge in [-0.2, -0.15) is 5.10 Å². The number of rotatable bonds is 3. The molecule has 0 bridgehead atoms. The molecule has 0 atom stereocenters. The second-order valence-electron chi connectivity index (χ2n) is 6.71. The maximum Gasteiger partial charge on any atom is 0.160 e. The Kier molecular flexibility index (Phi) is 3.83. The van der Waals surface area contributed by atoms with Crippen LogP contribution in [-0.4, -0.2) is 27.6 Å². The van der Waals surface area contributed by atoms with Crippen molar-refractivity contribution in [2.45, 2.75) is 6.92 Å². The molecule has 5 aromatic rings. The van der Waals surface area contributed by atoms with Crippen molar-refractivity contribution >= 4 is 46.8 Å². The second kappa shape index (κ2) is 6.49. The number of hydrogen-bond acceptors (Lipinski definition) is 4. The van der Waals surface area contributed by atoms with Crippen LogP contribution in [0.4, 0.5) is 11.5 Å². The van der Waals surface area contributed by atoms with Gasteiger partial charge in [0.2, 0.25) is 0 Å². The molecule has 0 aliphatic rings. The summed E-state index contributed by atoms with van der Waals surface area (Å²) in [7, 11) is 5.95. The lowest BCUT2D eigenvalue weighted by molar-refractivity contribution is 1.07. The van der Waals surface area contributed by atoms with Crippen LogP contribution in [0.25, 0.3) is 27.5 Å². The Morgan fingerprint density at radius 1 is 0.893 bits per heavy atom. The van der Waals surface area contributed by atoms with Gasteiger partial charge in [-0.05, 0) is 42.1 Å². The van der Waals surface area contributed by atoms with Crippen LogP contribution in [0.1, 0.15) is 5.56 Å². The van der Waals surface area contributed by atoms with E-state index in [2.05, 4.69) is 50.2 Å².